The van der Waals surface area contributed by atoms with Gasteiger partial charge in [-0.15, -0.1) is 5.10 Å². The lowest BCUT2D eigenvalue weighted by atomic mass is 9.95. The van der Waals surface area contributed by atoms with Gasteiger partial charge in [0.05, 0.1) is 12.8 Å². The quantitative estimate of drug-likeness (QED) is 0.334. The molecular weight excluding hydrogens is 400 g/mol. The van der Waals surface area contributed by atoms with Gasteiger partial charge in [0.15, 0.2) is 0 Å². The fourth-order valence-corrected chi connectivity index (χ4v) is 4.31. The van der Waals surface area contributed by atoms with Crippen molar-refractivity contribution in [3.8, 4) is 11.4 Å². The first kappa shape index (κ1) is 20.2. The minimum Gasteiger partial charge on any atom is -0.497 e. The molecule has 2 aromatic heterocycles. The zero-order valence-electron chi connectivity index (χ0n) is 17.2. The fourth-order valence-electron chi connectivity index (χ4n) is 3.43. The van der Waals surface area contributed by atoms with Gasteiger partial charge in [-0.05, 0) is 76.4 Å². The van der Waals surface area contributed by atoms with Crippen LogP contribution in [0.1, 0.15) is 36.5 Å². The molecule has 0 bridgehead atoms. The topological polar surface area (TPSA) is 83.0 Å². The van der Waals surface area contributed by atoms with E-state index in [1.807, 2.05) is 37.3 Å². The summed E-state index contributed by atoms with van der Waals surface area (Å²) in [6.45, 7) is 6.36. The van der Waals surface area contributed by atoms with Crippen molar-refractivity contribution in [1.29, 1.82) is 0 Å². The summed E-state index contributed by atoms with van der Waals surface area (Å²) in [6.07, 6.45) is 0. The van der Waals surface area contributed by atoms with Gasteiger partial charge in [-0.2, -0.15) is 4.68 Å². The molecular formula is C22H22N4O3S. The summed E-state index contributed by atoms with van der Waals surface area (Å²) >= 11 is 1.47. The molecule has 0 saturated heterocycles. The van der Waals surface area contributed by atoms with Crippen molar-refractivity contribution in [2.24, 2.45) is 0 Å². The van der Waals surface area contributed by atoms with Gasteiger partial charge in [-0.1, -0.05) is 25.6 Å². The summed E-state index contributed by atoms with van der Waals surface area (Å²) < 4.78 is 12.3. The molecule has 0 saturated carbocycles. The van der Waals surface area contributed by atoms with E-state index < -0.39 is 0 Å². The molecule has 0 N–H and O–H groups in total. The summed E-state index contributed by atoms with van der Waals surface area (Å²) in [7, 11) is 1.63. The Balaban J connectivity index is 1.67. The van der Waals surface area contributed by atoms with Crippen LogP contribution in [0.5, 0.6) is 5.75 Å². The predicted octanol–water partition coefficient (Wildman–Crippen LogP) is 4.50. The number of rotatable bonds is 6. The molecule has 2 aromatic carbocycles. The van der Waals surface area contributed by atoms with E-state index in [2.05, 4.69) is 35.4 Å². The van der Waals surface area contributed by atoms with Crippen LogP contribution in [0, 0.1) is 6.92 Å². The van der Waals surface area contributed by atoms with E-state index in [1.165, 1.54) is 17.3 Å². The monoisotopic (exact) mass is 422 g/mol. The molecule has 0 spiro atoms. The molecule has 4 aromatic rings. The van der Waals surface area contributed by atoms with E-state index in [0.29, 0.717) is 22.4 Å². The summed E-state index contributed by atoms with van der Waals surface area (Å²) in [4.78, 5) is 12.1. The molecule has 2 heterocycles. The van der Waals surface area contributed by atoms with Gasteiger partial charge in [-0.3, -0.25) is 0 Å². The van der Waals surface area contributed by atoms with Crippen molar-refractivity contribution < 1.29 is 9.15 Å². The summed E-state index contributed by atoms with van der Waals surface area (Å²) in [5.74, 6) is 1.68. The second-order valence-corrected chi connectivity index (χ2v) is 8.25. The van der Waals surface area contributed by atoms with Crippen LogP contribution < -0.4 is 10.4 Å². The lowest BCUT2D eigenvalue weighted by Gasteiger charge is -2.13. The fraction of sp³-hybridized carbons (Fsp3) is 0.273. The van der Waals surface area contributed by atoms with E-state index in [1.54, 1.807) is 17.9 Å². The van der Waals surface area contributed by atoms with Gasteiger partial charge < -0.3 is 9.15 Å². The third kappa shape index (κ3) is 3.95. The van der Waals surface area contributed by atoms with Crippen LogP contribution in [0.4, 0.5) is 0 Å². The maximum Gasteiger partial charge on any atom is 0.336 e. The van der Waals surface area contributed by atoms with Gasteiger partial charge in [0.1, 0.15) is 11.3 Å². The zero-order valence-corrected chi connectivity index (χ0v) is 18.1. The van der Waals surface area contributed by atoms with Crippen molar-refractivity contribution in [3.05, 3.63) is 69.6 Å². The molecule has 0 aliphatic carbocycles. The number of hydrogen-bond donors (Lipinski definition) is 0. The van der Waals surface area contributed by atoms with Gasteiger partial charge in [-0.25, -0.2) is 4.79 Å². The summed E-state index contributed by atoms with van der Waals surface area (Å²) in [5, 5.41) is 13.6. The number of ether oxygens (including phenoxy) is 1. The van der Waals surface area contributed by atoms with Crippen molar-refractivity contribution >= 4 is 22.7 Å². The van der Waals surface area contributed by atoms with Crippen LogP contribution >= 0.6 is 11.8 Å². The first-order valence-electron chi connectivity index (χ1n) is 9.59. The van der Waals surface area contributed by atoms with E-state index in [-0.39, 0.29) is 5.63 Å². The largest absolute Gasteiger partial charge is 0.497 e. The third-order valence-electron chi connectivity index (χ3n) is 4.95. The molecule has 0 amide bonds. The van der Waals surface area contributed by atoms with Crippen molar-refractivity contribution in [2.45, 2.75) is 37.6 Å². The SMILES string of the molecule is COc1ccc(-n2nnnc2SCc2cc(=O)oc3cc(C)c(C(C)C)cc23)cc1. The molecule has 0 aliphatic rings. The highest BCUT2D eigenvalue weighted by Crippen LogP contribution is 2.30. The van der Waals surface area contributed by atoms with Crippen LogP contribution in [0.15, 0.2) is 56.8 Å². The molecule has 0 fully saturated rings. The van der Waals surface area contributed by atoms with Gasteiger partial charge in [0, 0.05) is 17.2 Å². The second-order valence-electron chi connectivity index (χ2n) is 7.31. The number of aromatic nitrogens is 4. The number of tetrazole rings is 1. The third-order valence-corrected chi connectivity index (χ3v) is 5.92. The number of nitrogens with zero attached hydrogens (tertiary/aromatic N) is 4. The Bertz CT molecular complexity index is 1250. The lowest BCUT2D eigenvalue weighted by Crippen LogP contribution is -2.03. The van der Waals surface area contributed by atoms with E-state index >= 15 is 0 Å². The number of aryl methyl sites for hydroxylation is 1. The minimum atomic E-state index is -0.357. The Morgan fingerprint density at radius 1 is 1.17 bits per heavy atom. The number of benzene rings is 2. The van der Waals surface area contributed by atoms with Gasteiger partial charge in [0.2, 0.25) is 5.16 Å². The molecule has 8 heteroatoms. The maximum atomic E-state index is 12.1. The Morgan fingerprint density at radius 3 is 2.63 bits per heavy atom. The van der Waals surface area contributed by atoms with E-state index in [4.69, 9.17) is 9.15 Å². The first-order valence-corrected chi connectivity index (χ1v) is 10.6. The van der Waals surface area contributed by atoms with Crippen LogP contribution in [0.2, 0.25) is 0 Å². The molecule has 0 aliphatic heterocycles. The molecule has 7 nitrogen and oxygen atoms in total. The Labute approximate surface area is 178 Å². The highest BCUT2D eigenvalue weighted by molar-refractivity contribution is 7.98. The smallest absolute Gasteiger partial charge is 0.336 e. The molecule has 4 rings (SSSR count). The van der Waals surface area contributed by atoms with E-state index in [9.17, 15) is 4.79 Å². The molecule has 0 radical (unpaired) electrons. The second kappa shape index (κ2) is 8.31. The lowest BCUT2D eigenvalue weighted by molar-refractivity contribution is 0.414. The van der Waals surface area contributed by atoms with Crippen LogP contribution in [0.25, 0.3) is 16.7 Å². The summed E-state index contributed by atoms with van der Waals surface area (Å²) in [5.41, 5.74) is 4.34. The maximum absolute atomic E-state index is 12.1. The number of thioether (sulfide) groups is 1. The van der Waals surface area contributed by atoms with Crippen molar-refractivity contribution in [3.63, 3.8) is 0 Å². The van der Waals surface area contributed by atoms with Crippen LogP contribution in [-0.2, 0) is 5.75 Å². The Kier molecular flexibility index (Phi) is 5.59. The normalized spacial score (nSPS) is 11.4. The van der Waals surface area contributed by atoms with Crippen molar-refractivity contribution in [2.75, 3.05) is 7.11 Å². The average molecular weight is 423 g/mol. The highest BCUT2D eigenvalue weighted by atomic mass is 32.2. The van der Waals surface area contributed by atoms with Gasteiger partial charge in [0.25, 0.3) is 0 Å². The number of methoxy groups -OCH3 is 1. The Hall–Kier alpha value is -3.13. The standard InChI is InChI=1S/C22H22N4O3S/c1-13(2)18-11-19-15(10-21(27)29-20(19)9-14(18)3)12-30-22-23-24-25-26(22)16-5-7-17(28-4)8-6-16/h5-11,13H,12H2,1-4H3. The zero-order chi connectivity index (χ0) is 21.3. The molecule has 154 valence electrons. The average Bonchev–Trinajstić information content (AvgIpc) is 3.19. The predicted molar refractivity (Wildman–Crippen MR) is 117 cm³/mol. The minimum absolute atomic E-state index is 0.357. The Morgan fingerprint density at radius 2 is 1.93 bits per heavy atom. The highest BCUT2D eigenvalue weighted by Gasteiger charge is 2.14. The van der Waals surface area contributed by atoms with Crippen LogP contribution in [-0.4, -0.2) is 27.3 Å². The molecule has 30 heavy (non-hydrogen) atoms. The van der Waals surface area contributed by atoms with Gasteiger partial charge >= 0.3 is 5.63 Å². The van der Waals surface area contributed by atoms with Crippen LogP contribution in [0.3, 0.4) is 0 Å². The summed E-state index contributed by atoms with van der Waals surface area (Å²) in [6, 6.07) is 13.1. The number of hydrogen-bond acceptors (Lipinski definition) is 7. The molecule has 0 unspecified atom stereocenters. The first-order chi connectivity index (χ1) is 14.5. The molecule has 0 atom stereocenters. The van der Waals surface area contributed by atoms with Crippen molar-refractivity contribution in [1.82, 2.24) is 20.2 Å². The van der Waals surface area contributed by atoms with E-state index in [0.717, 1.165) is 28.0 Å². The number of fused-ring (bicyclic) bond motifs is 1.